The summed E-state index contributed by atoms with van der Waals surface area (Å²) in [6.07, 6.45) is 4.15. The molecular weight excluding hydrogens is 164 g/mol. The van der Waals surface area contributed by atoms with Gasteiger partial charge in [0, 0.05) is 12.6 Å². The molecule has 13 heavy (non-hydrogen) atoms. The lowest BCUT2D eigenvalue weighted by Crippen LogP contribution is -2.02. The number of carbonyl (C=O) groups is 1. The Balaban J connectivity index is 2.65. The second-order valence-corrected chi connectivity index (χ2v) is 2.80. The molecule has 0 unspecified atom stereocenters. The Morgan fingerprint density at radius 3 is 2.92 bits per heavy atom. The first-order chi connectivity index (χ1) is 6.24. The first-order valence-electron chi connectivity index (χ1n) is 4.20. The van der Waals surface area contributed by atoms with Crippen LogP contribution in [0.4, 0.5) is 0 Å². The topological polar surface area (TPSA) is 42.9 Å². The molecule has 1 heterocycles. The van der Waals surface area contributed by atoms with Gasteiger partial charge in [-0.05, 0) is 12.5 Å². The molecule has 68 valence electrons. The highest BCUT2D eigenvalue weighted by Gasteiger charge is 2.07. The fraction of sp³-hybridized carbons (Fsp3) is 0.300. The molecule has 0 aliphatic rings. The molecule has 0 saturated heterocycles. The van der Waals surface area contributed by atoms with Crippen LogP contribution in [-0.2, 0) is 0 Å². The summed E-state index contributed by atoms with van der Waals surface area (Å²) in [7, 11) is 0. The second-order valence-electron chi connectivity index (χ2n) is 2.80. The van der Waals surface area contributed by atoms with Gasteiger partial charge in [0.25, 0.3) is 0 Å². The predicted molar refractivity (Wildman–Crippen MR) is 50.4 cm³/mol. The molecule has 0 aromatic carbocycles. The minimum atomic E-state index is 0.00856. The molecule has 0 spiro atoms. The van der Waals surface area contributed by atoms with Crippen molar-refractivity contribution in [1.29, 1.82) is 0 Å². The number of rotatable bonds is 4. The Morgan fingerprint density at radius 2 is 2.38 bits per heavy atom. The molecule has 0 bridgehead atoms. The highest BCUT2D eigenvalue weighted by atomic mass is 16.1. The maximum atomic E-state index is 11.5. The van der Waals surface area contributed by atoms with Gasteiger partial charge in [-0.2, -0.15) is 0 Å². The van der Waals surface area contributed by atoms with Crippen LogP contribution in [0, 0.1) is 0 Å². The van der Waals surface area contributed by atoms with E-state index in [0.717, 1.165) is 12.0 Å². The number of nitrogens with zero attached hydrogens (tertiary/aromatic N) is 2. The van der Waals surface area contributed by atoms with Gasteiger partial charge in [0.2, 0.25) is 0 Å². The molecule has 0 aliphatic heterocycles. The summed E-state index contributed by atoms with van der Waals surface area (Å²) in [5.41, 5.74) is 1.40. The summed E-state index contributed by atoms with van der Waals surface area (Å²) in [4.78, 5) is 19.1. The SMILES string of the molecule is C=C(CC)CC(=O)c1ccncn1. The number of aromatic nitrogens is 2. The zero-order chi connectivity index (χ0) is 9.68. The van der Waals surface area contributed by atoms with E-state index in [1.807, 2.05) is 6.92 Å². The number of hydrogen-bond donors (Lipinski definition) is 0. The van der Waals surface area contributed by atoms with Crippen LogP contribution in [0.5, 0.6) is 0 Å². The minimum Gasteiger partial charge on any atom is -0.292 e. The Kier molecular flexibility index (Phi) is 3.31. The standard InChI is InChI=1S/C10H12N2O/c1-3-8(2)6-10(13)9-4-5-11-7-12-9/h4-5,7H,2-3,6H2,1H3. The van der Waals surface area contributed by atoms with E-state index in [1.165, 1.54) is 6.33 Å². The average molecular weight is 176 g/mol. The largest absolute Gasteiger partial charge is 0.292 e. The third kappa shape index (κ3) is 2.78. The molecular formula is C10H12N2O. The molecule has 0 aliphatic carbocycles. The molecule has 0 fully saturated rings. The van der Waals surface area contributed by atoms with Crippen molar-refractivity contribution in [2.75, 3.05) is 0 Å². The molecule has 0 N–H and O–H groups in total. The Morgan fingerprint density at radius 1 is 1.62 bits per heavy atom. The van der Waals surface area contributed by atoms with Gasteiger partial charge in [-0.15, -0.1) is 0 Å². The number of hydrogen-bond acceptors (Lipinski definition) is 3. The van der Waals surface area contributed by atoms with Crippen molar-refractivity contribution in [2.24, 2.45) is 0 Å². The van der Waals surface area contributed by atoms with Crippen LogP contribution in [0.1, 0.15) is 30.3 Å². The number of Topliss-reactive ketones (excluding diaryl/α,β-unsaturated/α-hetero) is 1. The normalized spacial score (nSPS) is 9.62. The third-order valence-corrected chi connectivity index (χ3v) is 1.78. The molecule has 3 heteroatoms. The molecule has 0 atom stereocenters. The van der Waals surface area contributed by atoms with E-state index in [0.29, 0.717) is 12.1 Å². The van der Waals surface area contributed by atoms with Crippen LogP contribution < -0.4 is 0 Å². The van der Waals surface area contributed by atoms with Gasteiger partial charge >= 0.3 is 0 Å². The van der Waals surface area contributed by atoms with Gasteiger partial charge in [0.1, 0.15) is 12.0 Å². The zero-order valence-electron chi connectivity index (χ0n) is 7.66. The average Bonchev–Trinajstić information content (AvgIpc) is 2.19. The summed E-state index contributed by atoms with van der Waals surface area (Å²) < 4.78 is 0. The molecule has 1 aromatic rings. The molecule has 0 saturated carbocycles. The Hall–Kier alpha value is -1.51. The highest BCUT2D eigenvalue weighted by Crippen LogP contribution is 2.07. The van der Waals surface area contributed by atoms with Crippen molar-refractivity contribution >= 4 is 5.78 Å². The second kappa shape index (κ2) is 4.50. The summed E-state index contributed by atoms with van der Waals surface area (Å²) >= 11 is 0. The van der Waals surface area contributed by atoms with Gasteiger partial charge in [0.05, 0.1) is 0 Å². The van der Waals surface area contributed by atoms with Gasteiger partial charge < -0.3 is 0 Å². The van der Waals surface area contributed by atoms with Crippen LogP contribution in [0.3, 0.4) is 0 Å². The maximum Gasteiger partial charge on any atom is 0.185 e. The molecule has 0 amide bonds. The summed E-state index contributed by atoms with van der Waals surface area (Å²) in [6, 6.07) is 1.62. The fourth-order valence-electron chi connectivity index (χ4n) is 0.898. The monoisotopic (exact) mass is 176 g/mol. The van der Waals surface area contributed by atoms with Crippen LogP contribution in [-0.4, -0.2) is 15.8 Å². The smallest absolute Gasteiger partial charge is 0.185 e. The molecule has 1 rings (SSSR count). The summed E-state index contributed by atoms with van der Waals surface area (Å²) in [5, 5.41) is 0. The molecule has 3 nitrogen and oxygen atoms in total. The van der Waals surface area contributed by atoms with Crippen LogP contribution in [0.2, 0.25) is 0 Å². The van der Waals surface area contributed by atoms with E-state index in [4.69, 9.17) is 0 Å². The van der Waals surface area contributed by atoms with Crippen LogP contribution >= 0.6 is 0 Å². The predicted octanol–water partition coefficient (Wildman–Crippen LogP) is 2.02. The lowest BCUT2D eigenvalue weighted by Gasteiger charge is -2.00. The summed E-state index contributed by atoms with van der Waals surface area (Å²) in [6.45, 7) is 5.76. The van der Waals surface area contributed by atoms with Gasteiger partial charge in [-0.25, -0.2) is 9.97 Å². The van der Waals surface area contributed by atoms with E-state index in [9.17, 15) is 4.79 Å². The lowest BCUT2D eigenvalue weighted by atomic mass is 10.1. The molecule has 0 radical (unpaired) electrons. The first-order valence-corrected chi connectivity index (χ1v) is 4.20. The Labute approximate surface area is 77.5 Å². The van der Waals surface area contributed by atoms with E-state index >= 15 is 0 Å². The lowest BCUT2D eigenvalue weighted by molar-refractivity contribution is 0.0987. The van der Waals surface area contributed by atoms with Gasteiger partial charge in [-0.1, -0.05) is 19.1 Å². The van der Waals surface area contributed by atoms with E-state index < -0.39 is 0 Å². The van der Waals surface area contributed by atoms with E-state index in [-0.39, 0.29) is 5.78 Å². The number of carbonyl (C=O) groups excluding carboxylic acids is 1. The first kappa shape index (κ1) is 9.58. The van der Waals surface area contributed by atoms with Crippen LogP contribution in [0.25, 0.3) is 0 Å². The van der Waals surface area contributed by atoms with Crippen molar-refractivity contribution in [3.63, 3.8) is 0 Å². The van der Waals surface area contributed by atoms with Crippen molar-refractivity contribution in [1.82, 2.24) is 9.97 Å². The van der Waals surface area contributed by atoms with Gasteiger partial charge in [-0.3, -0.25) is 4.79 Å². The van der Waals surface area contributed by atoms with E-state index in [1.54, 1.807) is 12.3 Å². The van der Waals surface area contributed by atoms with E-state index in [2.05, 4.69) is 16.5 Å². The minimum absolute atomic E-state index is 0.00856. The Bertz CT molecular complexity index is 306. The zero-order valence-corrected chi connectivity index (χ0v) is 7.66. The number of allylic oxidation sites excluding steroid dienone is 1. The highest BCUT2D eigenvalue weighted by molar-refractivity contribution is 5.95. The van der Waals surface area contributed by atoms with Crippen molar-refractivity contribution in [3.8, 4) is 0 Å². The van der Waals surface area contributed by atoms with Crippen molar-refractivity contribution in [2.45, 2.75) is 19.8 Å². The van der Waals surface area contributed by atoms with Crippen LogP contribution in [0.15, 0.2) is 30.7 Å². The van der Waals surface area contributed by atoms with Crippen molar-refractivity contribution in [3.05, 3.63) is 36.4 Å². The van der Waals surface area contributed by atoms with Crippen molar-refractivity contribution < 1.29 is 4.79 Å². The quantitative estimate of drug-likeness (QED) is 0.520. The fourth-order valence-corrected chi connectivity index (χ4v) is 0.898. The molecule has 1 aromatic heterocycles. The summed E-state index contributed by atoms with van der Waals surface area (Å²) in [5.74, 6) is 0.00856. The third-order valence-electron chi connectivity index (χ3n) is 1.78. The van der Waals surface area contributed by atoms with Gasteiger partial charge in [0.15, 0.2) is 5.78 Å². The number of ketones is 1. The maximum absolute atomic E-state index is 11.5.